The SMILES string of the molecule is CC(=O)Nc1ccc(NC(=O)Cc2noc3ccc(C)cc23)cn1.CCC. The van der Waals surface area contributed by atoms with Gasteiger partial charge >= 0.3 is 0 Å². The zero-order valence-corrected chi connectivity index (χ0v) is 16.0. The quantitative estimate of drug-likeness (QED) is 0.723. The van der Waals surface area contributed by atoms with Gasteiger partial charge in [-0.1, -0.05) is 37.1 Å². The van der Waals surface area contributed by atoms with Crippen LogP contribution in [0.25, 0.3) is 11.0 Å². The molecule has 0 atom stereocenters. The lowest BCUT2D eigenvalue weighted by Gasteiger charge is -2.05. The molecule has 0 aliphatic heterocycles. The molecule has 0 aliphatic carbocycles. The van der Waals surface area contributed by atoms with E-state index in [9.17, 15) is 9.59 Å². The van der Waals surface area contributed by atoms with Crippen LogP contribution in [-0.4, -0.2) is 22.0 Å². The van der Waals surface area contributed by atoms with E-state index >= 15 is 0 Å². The van der Waals surface area contributed by atoms with Crippen LogP contribution >= 0.6 is 0 Å². The number of hydrogen-bond acceptors (Lipinski definition) is 5. The molecule has 0 radical (unpaired) electrons. The average molecular weight is 368 g/mol. The van der Waals surface area contributed by atoms with E-state index < -0.39 is 0 Å². The molecule has 2 amide bonds. The van der Waals surface area contributed by atoms with Crippen LogP contribution in [0.5, 0.6) is 0 Å². The molecule has 27 heavy (non-hydrogen) atoms. The van der Waals surface area contributed by atoms with Crippen LogP contribution in [0.2, 0.25) is 0 Å². The van der Waals surface area contributed by atoms with Gasteiger partial charge in [0.05, 0.1) is 18.3 Å². The van der Waals surface area contributed by atoms with Gasteiger partial charge in [0.1, 0.15) is 11.5 Å². The second kappa shape index (κ2) is 9.47. The van der Waals surface area contributed by atoms with Crippen molar-refractivity contribution >= 4 is 34.3 Å². The minimum absolute atomic E-state index is 0.101. The molecule has 0 aliphatic rings. The lowest BCUT2D eigenvalue weighted by molar-refractivity contribution is -0.116. The van der Waals surface area contributed by atoms with E-state index in [4.69, 9.17) is 4.52 Å². The summed E-state index contributed by atoms with van der Waals surface area (Å²) in [6, 6.07) is 8.99. The first-order valence-corrected chi connectivity index (χ1v) is 8.81. The summed E-state index contributed by atoms with van der Waals surface area (Å²) in [5.41, 5.74) is 2.86. The molecule has 1 aromatic carbocycles. The van der Waals surface area contributed by atoms with Crippen molar-refractivity contribution in [3.8, 4) is 0 Å². The van der Waals surface area contributed by atoms with Crippen LogP contribution in [0.15, 0.2) is 41.1 Å². The summed E-state index contributed by atoms with van der Waals surface area (Å²) in [6.07, 6.45) is 2.83. The number of aromatic nitrogens is 2. The molecule has 2 aromatic heterocycles. The zero-order valence-electron chi connectivity index (χ0n) is 16.0. The summed E-state index contributed by atoms with van der Waals surface area (Å²) in [6.45, 7) is 7.62. The Hall–Kier alpha value is -3.22. The molecule has 0 unspecified atom stereocenters. The molecule has 142 valence electrons. The molecule has 3 aromatic rings. The Bertz CT molecular complexity index is 917. The van der Waals surface area contributed by atoms with Crippen molar-refractivity contribution in [2.75, 3.05) is 10.6 Å². The maximum atomic E-state index is 12.2. The highest BCUT2D eigenvalue weighted by Gasteiger charge is 2.13. The smallest absolute Gasteiger partial charge is 0.230 e. The molecular formula is C20H24N4O3. The van der Waals surface area contributed by atoms with Crippen LogP contribution in [0.3, 0.4) is 0 Å². The number of carbonyl (C=O) groups is 2. The van der Waals surface area contributed by atoms with Gasteiger partial charge in [0.15, 0.2) is 5.58 Å². The summed E-state index contributed by atoms with van der Waals surface area (Å²) in [4.78, 5) is 27.2. The maximum Gasteiger partial charge on any atom is 0.230 e. The number of pyridine rings is 1. The van der Waals surface area contributed by atoms with Gasteiger partial charge in [-0.3, -0.25) is 9.59 Å². The van der Waals surface area contributed by atoms with E-state index in [1.165, 1.54) is 19.5 Å². The third kappa shape index (κ3) is 5.91. The zero-order chi connectivity index (χ0) is 19.8. The summed E-state index contributed by atoms with van der Waals surface area (Å²) >= 11 is 0. The van der Waals surface area contributed by atoms with Crippen LogP contribution in [0, 0.1) is 6.92 Å². The molecule has 2 heterocycles. The molecule has 0 saturated carbocycles. The first-order chi connectivity index (χ1) is 12.9. The second-order valence-electron chi connectivity index (χ2n) is 6.17. The Balaban J connectivity index is 0.000000817. The number of aryl methyl sites for hydroxylation is 1. The Morgan fingerprint density at radius 2 is 1.85 bits per heavy atom. The Kier molecular flexibility index (Phi) is 7.05. The molecule has 7 heteroatoms. The van der Waals surface area contributed by atoms with Gasteiger partial charge < -0.3 is 15.2 Å². The lowest BCUT2D eigenvalue weighted by Crippen LogP contribution is -2.15. The fraction of sp³-hybridized carbons (Fsp3) is 0.300. The summed E-state index contributed by atoms with van der Waals surface area (Å²) in [5, 5.41) is 10.1. The summed E-state index contributed by atoms with van der Waals surface area (Å²) < 4.78 is 5.23. The van der Waals surface area contributed by atoms with E-state index in [1.54, 1.807) is 12.1 Å². The van der Waals surface area contributed by atoms with Crippen molar-refractivity contribution in [2.45, 2.75) is 40.5 Å². The highest BCUT2D eigenvalue weighted by atomic mass is 16.5. The van der Waals surface area contributed by atoms with Gasteiger partial charge in [-0.05, 0) is 31.2 Å². The molecular weight excluding hydrogens is 344 g/mol. The monoisotopic (exact) mass is 368 g/mol. The number of anilines is 2. The van der Waals surface area contributed by atoms with Crippen LogP contribution in [0.4, 0.5) is 11.5 Å². The molecule has 0 bridgehead atoms. The average Bonchev–Trinajstić information content (AvgIpc) is 2.99. The van der Waals surface area contributed by atoms with Crippen molar-refractivity contribution < 1.29 is 14.1 Å². The first-order valence-electron chi connectivity index (χ1n) is 8.81. The predicted molar refractivity (Wildman–Crippen MR) is 106 cm³/mol. The fourth-order valence-electron chi connectivity index (χ4n) is 2.31. The number of rotatable bonds is 4. The number of hydrogen-bond donors (Lipinski definition) is 2. The maximum absolute atomic E-state index is 12.2. The van der Waals surface area contributed by atoms with Crippen molar-refractivity contribution in [1.82, 2.24) is 10.1 Å². The largest absolute Gasteiger partial charge is 0.356 e. The predicted octanol–water partition coefficient (Wildman–Crippen LogP) is 4.09. The van der Waals surface area contributed by atoms with Gasteiger partial charge in [0.2, 0.25) is 11.8 Å². The van der Waals surface area contributed by atoms with Gasteiger partial charge in [0.25, 0.3) is 0 Å². The number of nitrogens with zero attached hydrogens (tertiary/aromatic N) is 2. The minimum atomic E-state index is -0.221. The van der Waals surface area contributed by atoms with Gasteiger partial charge in [-0.15, -0.1) is 0 Å². The minimum Gasteiger partial charge on any atom is -0.356 e. The molecule has 7 nitrogen and oxygen atoms in total. The second-order valence-corrected chi connectivity index (χ2v) is 6.17. The molecule has 2 N–H and O–H groups in total. The van der Waals surface area contributed by atoms with Crippen LogP contribution in [-0.2, 0) is 16.0 Å². The molecule has 0 fully saturated rings. The van der Waals surface area contributed by atoms with Crippen molar-refractivity contribution in [1.29, 1.82) is 0 Å². The van der Waals surface area contributed by atoms with Crippen LogP contribution in [0.1, 0.15) is 38.4 Å². The Labute approximate surface area is 158 Å². The number of carbonyl (C=O) groups excluding carboxylic acids is 2. The Morgan fingerprint density at radius 3 is 2.48 bits per heavy atom. The van der Waals surface area contributed by atoms with Crippen molar-refractivity contribution in [3.05, 3.63) is 47.8 Å². The normalized spacial score (nSPS) is 10.1. The van der Waals surface area contributed by atoms with E-state index in [-0.39, 0.29) is 18.2 Å². The van der Waals surface area contributed by atoms with Crippen LogP contribution < -0.4 is 10.6 Å². The van der Waals surface area contributed by atoms with Gasteiger partial charge in [-0.25, -0.2) is 4.98 Å². The number of nitrogens with one attached hydrogen (secondary N) is 2. The number of fused-ring (bicyclic) bond motifs is 1. The van der Waals surface area contributed by atoms with Crippen molar-refractivity contribution in [3.63, 3.8) is 0 Å². The number of benzene rings is 1. The standard InChI is InChI=1S/C17H16N4O3.C3H8/c1-10-3-5-15-13(7-10)14(21-24-15)8-17(23)20-12-4-6-16(18-9-12)19-11(2)22;1-3-2/h3-7,9H,8H2,1-2H3,(H,20,23)(H,18,19,22);3H2,1-2H3. The first kappa shape index (κ1) is 20.1. The van der Waals surface area contributed by atoms with Gasteiger partial charge in [0, 0.05) is 12.3 Å². The molecule has 0 spiro atoms. The fourth-order valence-corrected chi connectivity index (χ4v) is 2.31. The van der Waals surface area contributed by atoms with Crippen molar-refractivity contribution in [2.24, 2.45) is 0 Å². The molecule has 3 rings (SSSR count). The topological polar surface area (TPSA) is 97.1 Å². The highest BCUT2D eigenvalue weighted by molar-refractivity contribution is 5.95. The molecule has 0 saturated heterocycles. The third-order valence-electron chi connectivity index (χ3n) is 3.38. The summed E-state index contributed by atoms with van der Waals surface area (Å²) in [5.74, 6) is 0.00624. The van der Waals surface area contributed by atoms with E-state index in [2.05, 4.69) is 34.6 Å². The Morgan fingerprint density at radius 1 is 1.11 bits per heavy atom. The van der Waals surface area contributed by atoms with E-state index in [1.807, 2.05) is 25.1 Å². The van der Waals surface area contributed by atoms with Gasteiger partial charge in [-0.2, -0.15) is 0 Å². The third-order valence-corrected chi connectivity index (χ3v) is 3.38. The highest BCUT2D eigenvalue weighted by Crippen LogP contribution is 2.20. The number of amides is 2. The van der Waals surface area contributed by atoms with E-state index in [0.717, 1.165) is 10.9 Å². The summed E-state index contributed by atoms with van der Waals surface area (Å²) in [7, 11) is 0. The lowest BCUT2D eigenvalue weighted by atomic mass is 10.1. The van der Waals surface area contributed by atoms with E-state index in [0.29, 0.717) is 22.8 Å².